The lowest BCUT2D eigenvalue weighted by molar-refractivity contribution is 0.106. The summed E-state index contributed by atoms with van der Waals surface area (Å²) in [6.45, 7) is 0.309. The van der Waals surface area contributed by atoms with Gasteiger partial charge in [0.15, 0.2) is 0 Å². The zero-order valence-electron chi connectivity index (χ0n) is 11.2. The number of hydrogen-bond donors (Lipinski definition) is 2. The molecule has 0 amide bonds. The van der Waals surface area contributed by atoms with Crippen LogP contribution in [-0.2, 0) is 6.42 Å². The number of aliphatic hydroxyl groups is 1. The predicted molar refractivity (Wildman–Crippen MR) is 77.1 cm³/mol. The lowest BCUT2D eigenvalue weighted by atomic mass is 9.70. The molecule has 3 unspecified atom stereocenters. The number of fused-ring (bicyclic) bond motifs is 1. The summed E-state index contributed by atoms with van der Waals surface area (Å²) in [7, 11) is 0. The van der Waals surface area contributed by atoms with E-state index in [4.69, 9.17) is 5.73 Å². The first-order chi connectivity index (χ1) is 9.70. The van der Waals surface area contributed by atoms with Crippen LogP contribution in [0.15, 0.2) is 48.5 Å². The van der Waals surface area contributed by atoms with Crippen LogP contribution in [0.1, 0.15) is 28.5 Å². The van der Waals surface area contributed by atoms with Gasteiger partial charge in [0.25, 0.3) is 0 Å². The second kappa shape index (κ2) is 5.35. The Balaban J connectivity index is 1.84. The first-order valence-corrected chi connectivity index (χ1v) is 6.92. The normalized spacial score (nSPS) is 19.9. The van der Waals surface area contributed by atoms with Crippen LogP contribution in [0.4, 0.5) is 4.39 Å². The summed E-state index contributed by atoms with van der Waals surface area (Å²) >= 11 is 0. The van der Waals surface area contributed by atoms with Gasteiger partial charge in [-0.05, 0) is 35.2 Å². The SMILES string of the molecule is NCC(c1cccc(F)c1)C(O)C1Cc2ccccc21. The number of rotatable bonds is 4. The Kier molecular flexibility index (Phi) is 3.55. The molecular weight excluding hydrogens is 253 g/mol. The van der Waals surface area contributed by atoms with E-state index in [0.717, 1.165) is 12.0 Å². The van der Waals surface area contributed by atoms with Crippen molar-refractivity contribution in [1.29, 1.82) is 0 Å². The van der Waals surface area contributed by atoms with Crippen molar-refractivity contribution < 1.29 is 9.50 Å². The fraction of sp³-hybridized carbons (Fsp3) is 0.294. The quantitative estimate of drug-likeness (QED) is 0.897. The number of nitrogens with two attached hydrogens (primary N) is 1. The molecule has 0 aromatic heterocycles. The molecule has 3 rings (SSSR count). The van der Waals surface area contributed by atoms with Gasteiger partial charge in [0.1, 0.15) is 5.82 Å². The van der Waals surface area contributed by atoms with Crippen molar-refractivity contribution in [3.8, 4) is 0 Å². The maximum absolute atomic E-state index is 13.3. The minimum atomic E-state index is -0.573. The highest BCUT2D eigenvalue weighted by molar-refractivity contribution is 5.42. The van der Waals surface area contributed by atoms with Crippen molar-refractivity contribution in [2.45, 2.75) is 24.4 Å². The molecule has 1 aliphatic rings. The van der Waals surface area contributed by atoms with Crippen LogP contribution in [0, 0.1) is 5.82 Å². The summed E-state index contributed by atoms with van der Waals surface area (Å²) in [4.78, 5) is 0. The summed E-state index contributed by atoms with van der Waals surface area (Å²) in [5.41, 5.74) is 9.05. The molecular formula is C17H18FNO. The fourth-order valence-corrected chi connectivity index (χ4v) is 3.09. The molecule has 0 saturated carbocycles. The molecule has 2 aromatic carbocycles. The largest absolute Gasteiger partial charge is 0.392 e. The molecule has 20 heavy (non-hydrogen) atoms. The van der Waals surface area contributed by atoms with Crippen LogP contribution >= 0.6 is 0 Å². The summed E-state index contributed by atoms with van der Waals surface area (Å²) in [6.07, 6.45) is 0.292. The summed E-state index contributed by atoms with van der Waals surface area (Å²) < 4.78 is 13.3. The van der Waals surface area contributed by atoms with E-state index >= 15 is 0 Å². The second-order valence-corrected chi connectivity index (χ2v) is 5.40. The van der Waals surface area contributed by atoms with Gasteiger partial charge in [0.2, 0.25) is 0 Å². The molecule has 104 valence electrons. The number of aliphatic hydroxyl groups excluding tert-OH is 1. The van der Waals surface area contributed by atoms with E-state index in [-0.39, 0.29) is 17.7 Å². The third-order valence-electron chi connectivity index (χ3n) is 4.25. The van der Waals surface area contributed by atoms with E-state index < -0.39 is 6.10 Å². The van der Waals surface area contributed by atoms with E-state index in [9.17, 15) is 9.50 Å². The Bertz CT molecular complexity index is 613. The molecule has 0 fully saturated rings. The zero-order valence-corrected chi connectivity index (χ0v) is 11.2. The zero-order chi connectivity index (χ0) is 14.1. The highest BCUT2D eigenvalue weighted by Crippen LogP contribution is 2.41. The molecule has 3 heteroatoms. The van der Waals surface area contributed by atoms with Crippen molar-refractivity contribution in [2.24, 2.45) is 5.73 Å². The third-order valence-corrected chi connectivity index (χ3v) is 4.25. The Labute approximate surface area is 118 Å². The molecule has 0 bridgehead atoms. The lowest BCUT2D eigenvalue weighted by Gasteiger charge is -2.37. The number of hydrogen-bond acceptors (Lipinski definition) is 2. The van der Waals surface area contributed by atoms with Crippen molar-refractivity contribution in [2.75, 3.05) is 6.54 Å². The summed E-state index contributed by atoms with van der Waals surface area (Å²) in [5.74, 6) is -0.422. The Morgan fingerprint density at radius 1 is 1.20 bits per heavy atom. The van der Waals surface area contributed by atoms with Crippen LogP contribution in [0.2, 0.25) is 0 Å². The fourth-order valence-electron chi connectivity index (χ4n) is 3.09. The Morgan fingerprint density at radius 2 is 2.00 bits per heavy atom. The van der Waals surface area contributed by atoms with E-state index in [2.05, 4.69) is 6.07 Å². The Hall–Kier alpha value is -1.71. The van der Waals surface area contributed by atoms with Gasteiger partial charge in [0, 0.05) is 18.4 Å². The van der Waals surface area contributed by atoms with Gasteiger partial charge < -0.3 is 10.8 Å². The van der Waals surface area contributed by atoms with Gasteiger partial charge in [-0.1, -0.05) is 36.4 Å². The lowest BCUT2D eigenvalue weighted by Crippen LogP contribution is -2.36. The predicted octanol–water partition coefficient (Wildman–Crippen LogP) is 2.57. The van der Waals surface area contributed by atoms with Crippen LogP contribution in [0.5, 0.6) is 0 Å². The third kappa shape index (κ3) is 2.23. The van der Waals surface area contributed by atoms with Crippen molar-refractivity contribution in [3.63, 3.8) is 0 Å². The van der Waals surface area contributed by atoms with E-state index in [0.29, 0.717) is 6.54 Å². The van der Waals surface area contributed by atoms with Crippen molar-refractivity contribution >= 4 is 0 Å². The minimum absolute atomic E-state index is 0.100. The standard InChI is InChI=1S/C17H18FNO/c18-13-6-3-5-11(8-13)16(10-19)17(20)15-9-12-4-1-2-7-14(12)15/h1-8,15-17,20H,9-10,19H2. The van der Waals surface area contributed by atoms with Crippen molar-refractivity contribution in [3.05, 3.63) is 71.0 Å². The molecule has 1 aliphatic carbocycles. The molecule has 3 N–H and O–H groups in total. The van der Waals surface area contributed by atoms with E-state index in [1.54, 1.807) is 6.07 Å². The smallest absolute Gasteiger partial charge is 0.123 e. The highest BCUT2D eigenvalue weighted by Gasteiger charge is 2.36. The van der Waals surface area contributed by atoms with Crippen LogP contribution in [0.3, 0.4) is 0 Å². The van der Waals surface area contributed by atoms with E-state index in [1.807, 2.05) is 24.3 Å². The topological polar surface area (TPSA) is 46.2 Å². The van der Waals surface area contributed by atoms with Gasteiger partial charge in [0.05, 0.1) is 6.10 Å². The first kappa shape index (κ1) is 13.3. The molecule has 0 spiro atoms. The maximum Gasteiger partial charge on any atom is 0.123 e. The highest BCUT2D eigenvalue weighted by atomic mass is 19.1. The molecule has 2 aromatic rings. The van der Waals surface area contributed by atoms with Crippen LogP contribution in [0.25, 0.3) is 0 Å². The van der Waals surface area contributed by atoms with Gasteiger partial charge >= 0.3 is 0 Å². The van der Waals surface area contributed by atoms with E-state index in [1.165, 1.54) is 23.3 Å². The average molecular weight is 271 g/mol. The Morgan fingerprint density at radius 3 is 2.70 bits per heavy atom. The molecule has 0 radical (unpaired) electrons. The minimum Gasteiger partial charge on any atom is -0.392 e. The van der Waals surface area contributed by atoms with Crippen molar-refractivity contribution in [1.82, 2.24) is 0 Å². The maximum atomic E-state index is 13.3. The molecule has 2 nitrogen and oxygen atoms in total. The van der Waals surface area contributed by atoms with Gasteiger partial charge in [-0.3, -0.25) is 0 Å². The summed E-state index contributed by atoms with van der Waals surface area (Å²) in [5, 5.41) is 10.6. The van der Waals surface area contributed by atoms with Crippen LogP contribution in [-0.4, -0.2) is 17.8 Å². The van der Waals surface area contributed by atoms with Gasteiger partial charge in [-0.25, -0.2) is 4.39 Å². The second-order valence-electron chi connectivity index (χ2n) is 5.40. The average Bonchev–Trinajstić information content (AvgIpc) is 2.41. The summed E-state index contributed by atoms with van der Waals surface area (Å²) in [6, 6.07) is 14.5. The van der Waals surface area contributed by atoms with Gasteiger partial charge in [-0.15, -0.1) is 0 Å². The monoisotopic (exact) mass is 271 g/mol. The molecule has 0 aliphatic heterocycles. The number of halogens is 1. The van der Waals surface area contributed by atoms with Gasteiger partial charge in [-0.2, -0.15) is 0 Å². The molecule has 0 heterocycles. The molecule has 3 atom stereocenters. The first-order valence-electron chi connectivity index (χ1n) is 6.92. The van der Waals surface area contributed by atoms with Crippen LogP contribution < -0.4 is 5.73 Å². The molecule has 0 saturated heterocycles. The number of benzene rings is 2.